The summed E-state index contributed by atoms with van der Waals surface area (Å²) in [6.45, 7) is 7.21. The van der Waals surface area contributed by atoms with E-state index in [9.17, 15) is 4.79 Å². The van der Waals surface area contributed by atoms with Gasteiger partial charge in [-0.1, -0.05) is 17.3 Å². The summed E-state index contributed by atoms with van der Waals surface area (Å²) in [5, 5.41) is 8.71. The number of anilines is 1. The summed E-state index contributed by atoms with van der Waals surface area (Å²) in [4.78, 5) is 20.9. The molecule has 0 spiro atoms. The summed E-state index contributed by atoms with van der Waals surface area (Å²) < 4.78 is 7.55. The number of carbonyl (C=O) groups is 1. The van der Waals surface area contributed by atoms with Crippen LogP contribution in [-0.2, 0) is 17.9 Å². The molecule has 4 fully saturated rings. The first-order valence-corrected chi connectivity index (χ1v) is 12.7. The van der Waals surface area contributed by atoms with Gasteiger partial charge in [-0.05, 0) is 18.1 Å². The average molecular weight is 470 g/mol. The van der Waals surface area contributed by atoms with Crippen molar-refractivity contribution >= 4 is 11.6 Å². The zero-order valence-corrected chi connectivity index (χ0v) is 20.7. The largest absolute Gasteiger partial charge is 0.495 e. The number of aromatic nitrogens is 3. The summed E-state index contributed by atoms with van der Waals surface area (Å²) in [6.07, 6.45) is 4.37. The van der Waals surface area contributed by atoms with Crippen LogP contribution in [0.3, 0.4) is 0 Å². The van der Waals surface area contributed by atoms with Crippen LogP contribution >= 0.6 is 0 Å². The molecular formula is C25H39N7O2+2. The number of piperidine rings is 3. The zero-order chi connectivity index (χ0) is 23.7. The molecule has 4 atom stereocenters. The number of piperazine rings is 1. The van der Waals surface area contributed by atoms with Crippen LogP contribution in [0.4, 0.5) is 5.69 Å². The number of amides is 1. The molecule has 1 amide bonds. The summed E-state index contributed by atoms with van der Waals surface area (Å²) in [7, 11) is 5.98. The van der Waals surface area contributed by atoms with Gasteiger partial charge in [-0.25, -0.2) is 4.68 Å². The number of nitrogens with zero attached hydrogens (tertiary/aromatic N) is 5. The molecule has 0 aliphatic carbocycles. The SMILES string of the molecule is COc1ccccc1N1CCN(C(=O)[C@H]2C[NH+]3CC[C@H]2C[C@@H]3Cn2cc(C[NH+](C)C)nn2)CC1. The van der Waals surface area contributed by atoms with Crippen molar-refractivity contribution in [1.29, 1.82) is 0 Å². The monoisotopic (exact) mass is 469 g/mol. The van der Waals surface area contributed by atoms with Gasteiger partial charge in [0.25, 0.3) is 0 Å². The van der Waals surface area contributed by atoms with E-state index in [2.05, 4.69) is 46.5 Å². The number of nitrogens with one attached hydrogen (secondary N) is 2. The highest BCUT2D eigenvalue weighted by molar-refractivity contribution is 5.80. The lowest BCUT2D eigenvalue weighted by Gasteiger charge is -2.47. The molecule has 2 N–H and O–H groups in total. The van der Waals surface area contributed by atoms with Crippen molar-refractivity contribution in [2.75, 3.05) is 65.4 Å². The van der Waals surface area contributed by atoms with Gasteiger partial charge >= 0.3 is 0 Å². The third-order valence-corrected chi connectivity index (χ3v) is 7.91. The van der Waals surface area contributed by atoms with Gasteiger partial charge in [0.05, 0.1) is 58.6 Å². The number of benzene rings is 1. The van der Waals surface area contributed by atoms with Crippen LogP contribution < -0.4 is 19.4 Å². The Kier molecular flexibility index (Phi) is 6.74. The standard InChI is InChI=1S/C25H37N7O2/c1-28(2)15-20-16-32(27-26-20)17-21-14-19-8-9-31(21)18-22(19)25(33)30-12-10-29(11-13-30)23-6-4-5-7-24(23)34-3/h4-7,16,19,21-22H,8-15,17-18H2,1-3H3/p+2/t19-,21+,22-/m0/s1. The molecule has 0 radical (unpaired) electrons. The van der Waals surface area contributed by atoms with Crippen molar-refractivity contribution in [1.82, 2.24) is 19.9 Å². The lowest BCUT2D eigenvalue weighted by Crippen LogP contribution is -3.20. The van der Waals surface area contributed by atoms with Crippen LogP contribution in [0.1, 0.15) is 18.5 Å². The molecule has 9 heteroatoms. The number of rotatable bonds is 7. The van der Waals surface area contributed by atoms with Crippen LogP contribution in [0.25, 0.3) is 0 Å². The van der Waals surface area contributed by atoms with Gasteiger partial charge in [0, 0.05) is 39.0 Å². The predicted octanol–water partition coefficient (Wildman–Crippen LogP) is -1.43. The fraction of sp³-hybridized carbons (Fsp3) is 0.640. The molecule has 1 aromatic carbocycles. The molecular weight excluding hydrogens is 430 g/mol. The van der Waals surface area contributed by atoms with Gasteiger partial charge in [-0.2, -0.15) is 0 Å². The molecule has 34 heavy (non-hydrogen) atoms. The summed E-state index contributed by atoms with van der Waals surface area (Å²) >= 11 is 0. The van der Waals surface area contributed by atoms with E-state index in [1.54, 1.807) is 12.0 Å². The molecule has 4 aliphatic rings. The summed E-state index contributed by atoms with van der Waals surface area (Å²) in [6, 6.07) is 8.69. The molecule has 0 saturated carbocycles. The Morgan fingerprint density at radius 1 is 1.21 bits per heavy atom. The van der Waals surface area contributed by atoms with Gasteiger partial charge in [0.1, 0.15) is 24.0 Å². The maximum absolute atomic E-state index is 13.5. The van der Waals surface area contributed by atoms with E-state index in [0.29, 0.717) is 17.9 Å². The fourth-order valence-electron chi connectivity index (χ4n) is 6.19. The first-order valence-electron chi connectivity index (χ1n) is 12.7. The highest BCUT2D eigenvalue weighted by Crippen LogP contribution is 2.31. The maximum Gasteiger partial charge on any atom is 0.231 e. The fourth-order valence-corrected chi connectivity index (χ4v) is 6.19. The second kappa shape index (κ2) is 9.92. The first kappa shape index (κ1) is 23.1. The normalized spacial score (nSPS) is 26.8. The van der Waals surface area contributed by atoms with Crippen LogP contribution in [-0.4, -0.2) is 92.3 Å². The zero-order valence-electron chi connectivity index (χ0n) is 20.7. The van der Waals surface area contributed by atoms with Crippen molar-refractivity contribution in [2.45, 2.75) is 32.0 Å². The second-order valence-corrected chi connectivity index (χ2v) is 10.5. The number of fused-ring (bicyclic) bond motifs is 3. The van der Waals surface area contributed by atoms with E-state index in [4.69, 9.17) is 4.74 Å². The predicted molar refractivity (Wildman–Crippen MR) is 129 cm³/mol. The van der Waals surface area contributed by atoms with Gasteiger partial charge in [-0.3, -0.25) is 4.79 Å². The van der Waals surface area contributed by atoms with Crippen LogP contribution in [0.5, 0.6) is 5.75 Å². The molecule has 1 unspecified atom stereocenters. The van der Waals surface area contributed by atoms with E-state index < -0.39 is 0 Å². The van der Waals surface area contributed by atoms with Crippen LogP contribution in [0, 0.1) is 11.8 Å². The number of para-hydroxylation sites is 2. The van der Waals surface area contributed by atoms with E-state index in [1.807, 2.05) is 22.9 Å². The average Bonchev–Trinajstić information content (AvgIpc) is 3.30. The summed E-state index contributed by atoms with van der Waals surface area (Å²) in [5.41, 5.74) is 2.17. The number of ether oxygens (including phenoxy) is 1. The van der Waals surface area contributed by atoms with E-state index in [-0.39, 0.29) is 5.92 Å². The molecule has 6 rings (SSSR count). The van der Waals surface area contributed by atoms with Crippen molar-refractivity contribution in [2.24, 2.45) is 11.8 Å². The Morgan fingerprint density at radius 2 is 2.00 bits per heavy atom. The molecule has 2 bridgehead atoms. The third kappa shape index (κ3) is 4.77. The van der Waals surface area contributed by atoms with E-state index in [0.717, 1.165) is 75.8 Å². The Morgan fingerprint density at radius 3 is 2.71 bits per heavy atom. The number of hydrogen-bond acceptors (Lipinski definition) is 5. The van der Waals surface area contributed by atoms with Crippen molar-refractivity contribution in [3.8, 4) is 5.75 Å². The minimum atomic E-state index is 0.168. The molecule has 9 nitrogen and oxygen atoms in total. The van der Waals surface area contributed by atoms with Gasteiger partial charge in [-0.15, -0.1) is 5.10 Å². The minimum absolute atomic E-state index is 0.168. The van der Waals surface area contributed by atoms with E-state index in [1.165, 1.54) is 11.4 Å². The Hall–Kier alpha value is -2.65. The van der Waals surface area contributed by atoms with Crippen molar-refractivity contribution in [3.05, 3.63) is 36.2 Å². The lowest BCUT2D eigenvalue weighted by molar-refractivity contribution is -0.945. The van der Waals surface area contributed by atoms with Gasteiger partial charge < -0.3 is 24.3 Å². The molecule has 2 aromatic rings. The second-order valence-electron chi connectivity index (χ2n) is 10.5. The number of carbonyl (C=O) groups excluding carboxylic acids is 1. The number of hydrogen-bond donors (Lipinski definition) is 2. The number of methoxy groups -OCH3 is 1. The molecule has 184 valence electrons. The van der Waals surface area contributed by atoms with Crippen molar-refractivity contribution < 1.29 is 19.3 Å². The summed E-state index contributed by atoms with van der Waals surface area (Å²) in [5.74, 6) is 1.94. The van der Waals surface area contributed by atoms with Crippen molar-refractivity contribution in [3.63, 3.8) is 0 Å². The molecule has 4 saturated heterocycles. The molecule has 5 heterocycles. The maximum atomic E-state index is 13.5. The van der Waals surface area contributed by atoms with Crippen LogP contribution in [0.15, 0.2) is 30.5 Å². The molecule has 1 aromatic heterocycles. The molecule has 4 aliphatic heterocycles. The Balaban J connectivity index is 1.16. The quantitative estimate of drug-likeness (QED) is 0.521. The topological polar surface area (TPSA) is 72.4 Å². The lowest BCUT2D eigenvalue weighted by atomic mass is 9.75. The highest BCUT2D eigenvalue weighted by Gasteiger charge is 2.48. The van der Waals surface area contributed by atoms with Gasteiger partial charge in [0.15, 0.2) is 0 Å². The highest BCUT2D eigenvalue weighted by atomic mass is 16.5. The van der Waals surface area contributed by atoms with Crippen LogP contribution in [0.2, 0.25) is 0 Å². The Labute approximate surface area is 202 Å². The number of quaternary nitrogens is 2. The smallest absolute Gasteiger partial charge is 0.231 e. The van der Waals surface area contributed by atoms with Gasteiger partial charge in [0.2, 0.25) is 5.91 Å². The third-order valence-electron chi connectivity index (χ3n) is 7.91. The van der Waals surface area contributed by atoms with E-state index >= 15 is 0 Å². The first-order chi connectivity index (χ1) is 16.5. The minimum Gasteiger partial charge on any atom is -0.495 e. The Bertz CT molecular complexity index is 985.